The highest BCUT2D eigenvalue weighted by Crippen LogP contribution is 2.29. The molecule has 1 N–H and O–H groups in total. The van der Waals surface area contributed by atoms with E-state index in [2.05, 4.69) is 40.4 Å². The van der Waals surface area contributed by atoms with Gasteiger partial charge in [-0.05, 0) is 60.3 Å². The first kappa shape index (κ1) is 13.6. The van der Waals surface area contributed by atoms with Gasteiger partial charge in [0.25, 0.3) is 0 Å². The van der Waals surface area contributed by atoms with E-state index < -0.39 is 0 Å². The summed E-state index contributed by atoms with van der Waals surface area (Å²) >= 11 is 5.43. The quantitative estimate of drug-likeness (QED) is 0.800. The maximum absolute atomic E-state index is 3.55. The second-order valence-electron chi connectivity index (χ2n) is 5.06. The number of rotatable bonds is 4. The van der Waals surface area contributed by atoms with Gasteiger partial charge in [0.05, 0.1) is 3.79 Å². The van der Waals surface area contributed by atoms with Crippen LogP contribution in [-0.2, 0) is 6.42 Å². The maximum atomic E-state index is 3.55. The molecule has 0 amide bonds. The van der Waals surface area contributed by atoms with Crippen molar-refractivity contribution in [2.24, 2.45) is 5.92 Å². The van der Waals surface area contributed by atoms with E-state index in [1.807, 2.05) is 11.3 Å². The van der Waals surface area contributed by atoms with Gasteiger partial charge >= 0.3 is 0 Å². The minimum absolute atomic E-state index is 0.665. The Morgan fingerprint density at radius 2 is 2.00 bits per heavy atom. The Morgan fingerprint density at radius 1 is 1.29 bits per heavy atom. The molecule has 0 saturated heterocycles. The van der Waals surface area contributed by atoms with E-state index in [1.54, 1.807) is 0 Å². The summed E-state index contributed by atoms with van der Waals surface area (Å²) in [6.45, 7) is 0. The van der Waals surface area contributed by atoms with Crippen molar-refractivity contribution >= 4 is 27.3 Å². The number of nitrogens with one attached hydrogen (secondary N) is 1. The van der Waals surface area contributed by atoms with Crippen molar-refractivity contribution < 1.29 is 0 Å². The van der Waals surface area contributed by atoms with Crippen molar-refractivity contribution in [3.8, 4) is 0 Å². The number of likely N-dealkylation sites (N-methyl/N-ethyl adjacent to an activating group) is 1. The van der Waals surface area contributed by atoms with E-state index >= 15 is 0 Å². The average Bonchev–Trinajstić information content (AvgIpc) is 2.58. The molecule has 1 aliphatic rings. The molecule has 0 bridgehead atoms. The number of hydrogen-bond donors (Lipinski definition) is 1. The average molecular weight is 316 g/mol. The molecule has 1 aliphatic carbocycles. The van der Waals surface area contributed by atoms with Crippen LogP contribution in [0, 0.1) is 5.92 Å². The van der Waals surface area contributed by atoms with Crippen LogP contribution in [0.5, 0.6) is 0 Å². The minimum atomic E-state index is 0.665. The highest BCUT2D eigenvalue weighted by Gasteiger charge is 2.21. The molecule has 3 heteroatoms. The Kier molecular flexibility index (Phi) is 5.51. The van der Waals surface area contributed by atoms with Crippen LogP contribution in [0.15, 0.2) is 15.9 Å². The van der Waals surface area contributed by atoms with Gasteiger partial charge in [-0.3, -0.25) is 0 Å². The summed E-state index contributed by atoms with van der Waals surface area (Å²) in [7, 11) is 2.12. The van der Waals surface area contributed by atoms with Crippen LogP contribution in [0.2, 0.25) is 0 Å². The van der Waals surface area contributed by atoms with Gasteiger partial charge in [0.1, 0.15) is 0 Å². The molecule has 2 rings (SSSR count). The van der Waals surface area contributed by atoms with Gasteiger partial charge in [0, 0.05) is 10.9 Å². The number of thiophene rings is 1. The first-order valence-electron chi connectivity index (χ1n) is 6.71. The van der Waals surface area contributed by atoms with Crippen LogP contribution < -0.4 is 5.32 Å². The van der Waals surface area contributed by atoms with Crippen molar-refractivity contribution in [1.29, 1.82) is 0 Å². The fourth-order valence-electron chi connectivity index (χ4n) is 2.90. The molecule has 1 atom stereocenters. The van der Waals surface area contributed by atoms with Gasteiger partial charge < -0.3 is 5.32 Å². The lowest BCUT2D eigenvalue weighted by Crippen LogP contribution is -2.35. The standard InChI is InChI=1S/C14H22BrNS/c1-16-13(10-12-8-9-14(15)17-12)11-6-4-2-3-5-7-11/h8-9,11,13,16H,2-7,10H2,1H3. The smallest absolute Gasteiger partial charge is 0.0701 e. The normalized spacial score (nSPS) is 20.1. The molecule has 17 heavy (non-hydrogen) atoms. The van der Waals surface area contributed by atoms with E-state index in [1.165, 1.54) is 53.6 Å². The summed E-state index contributed by atoms with van der Waals surface area (Å²) in [6.07, 6.45) is 9.76. The van der Waals surface area contributed by atoms with E-state index in [-0.39, 0.29) is 0 Å². The lowest BCUT2D eigenvalue weighted by Gasteiger charge is -2.25. The lowest BCUT2D eigenvalue weighted by molar-refractivity contribution is 0.334. The third kappa shape index (κ3) is 4.08. The summed E-state index contributed by atoms with van der Waals surface area (Å²) in [5.41, 5.74) is 0. The summed E-state index contributed by atoms with van der Waals surface area (Å²) < 4.78 is 1.25. The summed E-state index contributed by atoms with van der Waals surface area (Å²) in [5.74, 6) is 0.878. The molecule has 1 nitrogen and oxygen atoms in total. The van der Waals surface area contributed by atoms with E-state index in [0.717, 1.165) is 5.92 Å². The highest BCUT2D eigenvalue weighted by molar-refractivity contribution is 9.11. The third-order valence-corrected chi connectivity index (χ3v) is 5.54. The highest BCUT2D eigenvalue weighted by atomic mass is 79.9. The second kappa shape index (κ2) is 6.91. The molecule has 1 aromatic rings. The molecule has 96 valence electrons. The van der Waals surface area contributed by atoms with Crippen molar-refractivity contribution in [3.63, 3.8) is 0 Å². The van der Waals surface area contributed by atoms with Crippen LogP contribution in [0.25, 0.3) is 0 Å². The van der Waals surface area contributed by atoms with Crippen molar-refractivity contribution in [3.05, 3.63) is 20.8 Å². The van der Waals surface area contributed by atoms with E-state index in [4.69, 9.17) is 0 Å². The Morgan fingerprint density at radius 3 is 2.53 bits per heavy atom. The zero-order chi connectivity index (χ0) is 12.1. The molecule has 1 saturated carbocycles. The lowest BCUT2D eigenvalue weighted by atomic mass is 9.89. The van der Waals surface area contributed by atoms with E-state index in [9.17, 15) is 0 Å². The van der Waals surface area contributed by atoms with Crippen LogP contribution in [0.1, 0.15) is 43.4 Å². The Labute approximate surface area is 117 Å². The molecule has 1 unspecified atom stereocenters. The van der Waals surface area contributed by atoms with Crippen molar-refractivity contribution in [1.82, 2.24) is 5.32 Å². The fourth-order valence-corrected chi connectivity index (χ4v) is 4.44. The maximum Gasteiger partial charge on any atom is 0.0701 e. The first-order chi connectivity index (χ1) is 8.29. The topological polar surface area (TPSA) is 12.0 Å². The van der Waals surface area contributed by atoms with Gasteiger partial charge in [-0.25, -0.2) is 0 Å². The zero-order valence-electron chi connectivity index (χ0n) is 10.5. The predicted octanol–water partition coefficient (Wildman–Crippen LogP) is 4.61. The van der Waals surface area contributed by atoms with Gasteiger partial charge in [0.2, 0.25) is 0 Å². The summed E-state index contributed by atoms with van der Waals surface area (Å²) in [4.78, 5) is 1.50. The molecule has 1 aromatic heterocycles. The third-order valence-electron chi connectivity index (χ3n) is 3.89. The molecule has 1 heterocycles. The Bertz CT molecular complexity index is 329. The van der Waals surface area contributed by atoms with E-state index in [0.29, 0.717) is 6.04 Å². The molecular weight excluding hydrogens is 294 g/mol. The van der Waals surface area contributed by atoms with Crippen LogP contribution >= 0.6 is 27.3 Å². The van der Waals surface area contributed by atoms with Crippen LogP contribution in [0.3, 0.4) is 0 Å². The minimum Gasteiger partial charge on any atom is -0.316 e. The van der Waals surface area contributed by atoms with Gasteiger partial charge in [0.15, 0.2) is 0 Å². The summed E-state index contributed by atoms with van der Waals surface area (Å²) in [5, 5.41) is 3.55. The first-order valence-corrected chi connectivity index (χ1v) is 8.32. The molecular formula is C14H22BrNS. The van der Waals surface area contributed by atoms with Gasteiger partial charge in [-0.2, -0.15) is 0 Å². The molecule has 0 spiro atoms. The van der Waals surface area contributed by atoms with Crippen molar-refractivity contribution in [2.45, 2.75) is 51.0 Å². The number of hydrogen-bond acceptors (Lipinski definition) is 2. The Hall–Kier alpha value is 0.140. The zero-order valence-corrected chi connectivity index (χ0v) is 12.9. The predicted molar refractivity (Wildman–Crippen MR) is 79.8 cm³/mol. The molecule has 0 radical (unpaired) electrons. The molecule has 0 aromatic carbocycles. The van der Waals surface area contributed by atoms with Crippen LogP contribution in [0.4, 0.5) is 0 Å². The van der Waals surface area contributed by atoms with Crippen LogP contribution in [-0.4, -0.2) is 13.1 Å². The van der Waals surface area contributed by atoms with Crippen molar-refractivity contribution in [2.75, 3.05) is 7.05 Å². The monoisotopic (exact) mass is 315 g/mol. The largest absolute Gasteiger partial charge is 0.316 e. The summed E-state index contributed by atoms with van der Waals surface area (Å²) in [6, 6.07) is 5.09. The second-order valence-corrected chi connectivity index (χ2v) is 7.60. The molecule has 0 aliphatic heterocycles. The SMILES string of the molecule is CNC(Cc1ccc(Br)s1)C1CCCCCC1. The number of halogens is 1. The van der Waals surface area contributed by atoms with Gasteiger partial charge in [-0.1, -0.05) is 25.7 Å². The fraction of sp³-hybridized carbons (Fsp3) is 0.714. The Balaban J connectivity index is 1.95. The molecule has 1 fully saturated rings. The van der Waals surface area contributed by atoms with Gasteiger partial charge in [-0.15, -0.1) is 11.3 Å².